The summed E-state index contributed by atoms with van der Waals surface area (Å²) in [5, 5.41) is 7.50. The molecule has 3 aromatic heterocycles. The van der Waals surface area contributed by atoms with Crippen LogP contribution in [-0.2, 0) is 6.18 Å². The van der Waals surface area contributed by atoms with Crippen molar-refractivity contribution in [1.29, 1.82) is 0 Å². The average Bonchev–Trinajstić information content (AvgIpc) is 3.26. The zero-order chi connectivity index (χ0) is 25.8. The highest BCUT2D eigenvalue weighted by Gasteiger charge is 2.43. The molecule has 4 heterocycles. The van der Waals surface area contributed by atoms with Gasteiger partial charge in [-0.25, -0.2) is 9.50 Å². The van der Waals surface area contributed by atoms with Crippen LogP contribution in [0.25, 0.3) is 5.65 Å². The summed E-state index contributed by atoms with van der Waals surface area (Å²) in [6.07, 6.45) is -7.65. The van der Waals surface area contributed by atoms with Crippen molar-refractivity contribution in [3.8, 4) is 5.75 Å². The van der Waals surface area contributed by atoms with Crippen molar-refractivity contribution in [1.82, 2.24) is 19.6 Å². The van der Waals surface area contributed by atoms with Crippen molar-refractivity contribution in [3.63, 3.8) is 0 Å². The molecule has 1 aliphatic heterocycles. The van der Waals surface area contributed by atoms with Crippen LogP contribution >= 0.6 is 11.6 Å². The van der Waals surface area contributed by atoms with Crippen LogP contribution in [0.1, 0.15) is 24.2 Å². The van der Waals surface area contributed by atoms with Gasteiger partial charge in [0.2, 0.25) is 5.95 Å². The fourth-order valence-electron chi connectivity index (χ4n) is 5.10. The van der Waals surface area contributed by atoms with E-state index in [0.717, 1.165) is 30.3 Å². The summed E-state index contributed by atoms with van der Waals surface area (Å²) in [7, 11) is 0. The highest BCUT2D eigenvalue weighted by molar-refractivity contribution is 6.29. The molecule has 14 heteroatoms. The maximum absolute atomic E-state index is 13.5. The van der Waals surface area contributed by atoms with E-state index in [-0.39, 0.29) is 23.8 Å². The Bertz CT molecular complexity index is 1240. The van der Waals surface area contributed by atoms with E-state index in [4.69, 9.17) is 16.3 Å². The van der Waals surface area contributed by atoms with E-state index in [2.05, 4.69) is 25.3 Å². The Kier molecular flexibility index (Phi) is 6.08. The van der Waals surface area contributed by atoms with Crippen LogP contribution in [0.3, 0.4) is 0 Å². The lowest BCUT2D eigenvalue weighted by molar-refractivity contribution is -0.153. The molecule has 36 heavy (non-hydrogen) atoms. The van der Waals surface area contributed by atoms with Crippen LogP contribution in [0.2, 0.25) is 5.15 Å². The molecule has 1 aliphatic carbocycles. The summed E-state index contributed by atoms with van der Waals surface area (Å²) >= 11 is 6.12. The molecule has 5 rings (SSSR count). The fraction of sp³-hybridized carbons (Fsp3) is 0.500. The Balaban J connectivity index is 1.40. The average molecular weight is 535 g/mol. The van der Waals surface area contributed by atoms with E-state index < -0.39 is 36.1 Å². The summed E-state index contributed by atoms with van der Waals surface area (Å²) in [5.41, 5.74) is 0.140. The highest BCUT2D eigenvalue weighted by Crippen LogP contribution is 2.41. The number of piperidine rings is 1. The van der Waals surface area contributed by atoms with Crippen molar-refractivity contribution in [2.24, 2.45) is 11.8 Å². The Hall–Kier alpha value is -2.96. The van der Waals surface area contributed by atoms with Gasteiger partial charge in [-0.05, 0) is 55.9 Å². The second-order valence-corrected chi connectivity index (χ2v) is 9.50. The minimum absolute atomic E-state index is 0.0956. The molecule has 3 atom stereocenters. The quantitative estimate of drug-likeness (QED) is 0.350. The summed E-state index contributed by atoms with van der Waals surface area (Å²) in [4.78, 5) is 10.5. The third kappa shape index (κ3) is 4.97. The van der Waals surface area contributed by atoms with E-state index in [9.17, 15) is 26.3 Å². The number of pyridine rings is 2. The number of nitrogens with zero attached hydrogens (tertiary/aromatic N) is 5. The smallest absolute Gasteiger partial charge is 0.433 e. The molecule has 1 N–H and O–H groups in total. The molecule has 2 aliphatic rings. The molecule has 2 fully saturated rings. The number of aryl methyl sites for hydroxylation is 1. The standard InChI is InChI=1S/C22H21ClF6N6O/c1-11-6-14(7-17(23)30-11)34-8-12-2-3-13(9-34)18(12)31-20-32-19-15(36-10-21(24,25)26)4-5-16(22(27,28)29)35(19)33-20/h4-7,12-13,18H,2-3,8-10H2,1H3,(H,31,33)/t12-,13+,18-. The zero-order valence-corrected chi connectivity index (χ0v) is 19.6. The first-order valence-electron chi connectivity index (χ1n) is 11.2. The number of fused-ring (bicyclic) bond motifs is 3. The van der Waals surface area contributed by atoms with Gasteiger partial charge in [0.15, 0.2) is 18.0 Å². The van der Waals surface area contributed by atoms with Gasteiger partial charge < -0.3 is 15.0 Å². The summed E-state index contributed by atoms with van der Waals surface area (Å²) in [6.45, 7) is 1.57. The van der Waals surface area contributed by atoms with Gasteiger partial charge in [0, 0.05) is 30.5 Å². The highest BCUT2D eigenvalue weighted by atomic mass is 35.5. The number of hydrogen-bond acceptors (Lipinski definition) is 6. The molecule has 0 amide bonds. The number of alkyl halides is 6. The lowest BCUT2D eigenvalue weighted by Gasteiger charge is -2.39. The van der Waals surface area contributed by atoms with E-state index in [1.807, 2.05) is 13.0 Å². The molecule has 7 nitrogen and oxygen atoms in total. The SMILES string of the molecule is Cc1cc(N2C[C@H]3CC[C@@H](C2)[C@@H]3Nc2nc3c(OCC(F)(F)F)ccc(C(F)(F)F)n3n2)cc(Cl)n1. The van der Waals surface area contributed by atoms with Crippen molar-refractivity contribution in [2.45, 2.75) is 38.2 Å². The molecule has 194 valence electrons. The summed E-state index contributed by atoms with van der Waals surface area (Å²) < 4.78 is 83.7. The number of aromatic nitrogens is 4. The van der Waals surface area contributed by atoms with Crippen LogP contribution in [0.4, 0.5) is 38.0 Å². The number of nitrogens with one attached hydrogen (secondary N) is 1. The molecule has 1 saturated carbocycles. The molecule has 0 radical (unpaired) electrons. The number of anilines is 2. The van der Waals surface area contributed by atoms with Gasteiger partial charge >= 0.3 is 12.4 Å². The normalized spacial score (nSPS) is 22.3. The van der Waals surface area contributed by atoms with Gasteiger partial charge in [-0.3, -0.25) is 0 Å². The van der Waals surface area contributed by atoms with Crippen LogP contribution in [0, 0.1) is 18.8 Å². The number of hydrogen-bond donors (Lipinski definition) is 1. The van der Waals surface area contributed by atoms with E-state index in [0.29, 0.717) is 28.8 Å². The molecular weight excluding hydrogens is 514 g/mol. The number of rotatable bonds is 5. The molecule has 3 aromatic rings. The number of halogens is 7. The second kappa shape index (κ2) is 8.86. The van der Waals surface area contributed by atoms with E-state index in [1.54, 1.807) is 6.07 Å². The second-order valence-electron chi connectivity index (χ2n) is 9.12. The maximum Gasteiger partial charge on any atom is 0.433 e. The van der Waals surface area contributed by atoms with Crippen molar-refractivity contribution in [2.75, 3.05) is 29.9 Å². The van der Waals surface area contributed by atoms with Crippen LogP contribution in [-0.4, -0.2) is 51.5 Å². The topological polar surface area (TPSA) is 67.6 Å². The first-order valence-corrected chi connectivity index (χ1v) is 11.6. The molecular formula is C22H21ClF6N6O. The molecule has 0 spiro atoms. The van der Waals surface area contributed by atoms with Crippen molar-refractivity contribution >= 4 is 28.9 Å². The first kappa shape index (κ1) is 24.7. The molecule has 2 bridgehead atoms. The minimum Gasteiger partial charge on any atom is -0.480 e. The third-order valence-corrected chi connectivity index (χ3v) is 6.73. The van der Waals surface area contributed by atoms with Gasteiger partial charge in [-0.2, -0.15) is 31.3 Å². The lowest BCUT2D eigenvalue weighted by Crippen LogP contribution is -2.48. The monoisotopic (exact) mass is 534 g/mol. The third-order valence-electron chi connectivity index (χ3n) is 6.53. The Labute approximate surface area is 206 Å². The molecule has 0 aromatic carbocycles. The van der Waals surface area contributed by atoms with Crippen LogP contribution in [0.5, 0.6) is 5.75 Å². The first-order chi connectivity index (χ1) is 16.9. The maximum atomic E-state index is 13.5. The van der Waals surface area contributed by atoms with Crippen molar-refractivity contribution in [3.05, 3.63) is 40.8 Å². The van der Waals surface area contributed by atoms with Crippen molar-refractivity contribution < 1.29 is 31.1 Å². The Morgan fingerprint density at radius 2 is 1.75 bits per heavy atom. The van der Waals surface area contributed by atoms with Gasteiger partial charge in [0.1, 0.15) is 10.8 Å². The predicted molar refractivity (Wildman–Crippen MR) is 119 cm³/mol. The number of ether oxygens (including phenoxy) is 1. The van der Waals surface area contributed by atoms with E-state index in [1.165, 1.54) is 0 Å². The minimum atomic E-state index is -4.79. The van der Waals surface area contributed by atoms with Gasteiger partial charge in [0.05, 0.1) is 0 Å². The molecule has 0 unspecified atom stereocenters. The Morgan fingerprint density at radius 3 is 2.36 bits per heavy atom. The summed E-state index contributed by atoms with van der Waals surface area (Å²) in [5.74, 6) is -0.221. The van der Waals surface area contributed by atoms with Gasteiger partial charge in [-0.1, -0.05) is 11.6 Å². The lowest BCUT2D eigenvalue weighted by atomic mass is 9.92. The molecule has 1 saturated heterocycles. The largest absolute Gasteiger partial charge is 0.480 e. The van der Waals surface area contributed by atoms with E-state index >= 15 is 0 Å². The zero-order valence-electron chi connectivity index (χ0n) is 18.9. The van der Waals surface area contributed by atoms with Crippen LogP contribution in [0.15, 0.2) is 24.3 Å². The van der Waals surface area contributed by atoms with Crippen LogP contribution < -0.4 is 15.0 Å². The summed E-state index contributed by atoms with van der Waals surface area (Å²) in [6, 6.07) is 5.09. The fourth-order valence-corrected chi connectivity index (χ4v) is 5.34. The Morgan fingerprint density at radius 1 is 1.06 bits per heavy atom. The van der Waals surface area contributed by atoms with Gasteiger partial charge in [0.25, 0.3) is 0 Å². The van der Waals surface area contributed by atoms with Gasteiger partial charge in [-0.15, -0.1) is 5.10 Å². The predicted octanol–water partition coefficient (Wildman–Crippen LogP) is 5.37.